The van der Waals surface area contributed by atoms with E-state index in [2.05, 4.69) is 17.9 Å². The van der Waals surface area contributed by atoms with Crippen molar-refractivity contribution in [2.45, 2.75) is 37.4 Å². The molecule has 4 atom stereocenters. The Labute approximate surface area is 134 Å². The van der Waals surface area contributed by atoms with Gasteiger partial charge in [-0.3, -0.25) is 14.4 Å². The number of hydrogen-bond donors (Lipinski definition) is 7. The van der Waals surface area contributed by atoms with Crippen molar-refractivity contribution < 1.29 is 33.4 Å². The fraction of sp³-hybridized carbons (Fsp3) is 1.00. The summed E-state index contributed by atoms with van der Waals surface area (Å²) in [5.74, 6) is -0.794. The number of hydrogen-bond acceptors (Lipinski definition) is 6. The van der Waals surface area contributed by atoms with Gasteiger partial charge in [0.25, 0.3) is 0 Å². The fourth-order valence-electron chi connectivity index (χ4n) is 2.38. The summed E-state index contributed by atoms with van der Waals surface area (Å²) in [7, 11) is -9.45. The Bertz CT molecular complexity index is 443. The molecule has 1 fully saturated rings. The Morgan fingerprint density at radius 3 is 2.41 bits per heavy atom. The third-order valence-electron chi connectivity index (χ3n) is 3.45. The van der Waals surface area contributed by atoms with Gasteiger partial charge >= 0.3 is 15.2 Å². The molecule has 12 heteroatoms. The zero-order valence-corrected chi connectivity index (χ0v) is 14.7. The van der Waals surface area contributed by atoms with E-state index < -0.39 is 39.5 Å². The van der Waals surface area contributed by atoms with Crippen LogP contribution in [0.2, 0.25) is 0 Å². The summed E-state index contributed by atoms with van der Waals surface area (Å²) < 4.78 is 27.5. The molecule has 0 aromatic heterocycles. The second kappa shape index (κ2) is 8.58. The van der Waals surface area contributed by atoms with E-state index in [1.54, 1.807) is 0 Å². The van der Waals surface area contributed by atoms with Crippen molar-refractivity contribution in [1.82, 2.24) is 5.32 Å². The lowest BCUT2D eigenvalue weighted by Gasteiger charge is -2.37. The van der Waals surface area contributed by atoms with Gasteiger partial charge in [0.2, 0.25) is 0 Å². The van der Waals surface area contributed by atoms with Crippen molar-refractivity contribution in [2.75, 3.05) is 18.5 Å². The molecule has 0 aromatic carbocycles. The van der Waals surface area contributed by atoms with Gasteiger partial charge in [0.05, 0.1) is 6.16 Å². The van der Waals surface area contributed by atoms with Crippen LogP contribution in [0.15, 0.2) is 0 Å². The summed E-state index contributed by atoms with van der Waals surface area (Å²) in [6.45, 7) is 0.565. The minimum atomic E-state index is -4.82. The molecule has 0 radical (unpaired) electrons. The molecule has 0 spiro atoms. The normalized spacial score (nSPS) is 28.5. The van der Waals surface area contributed by atoms with Crippen molar-refractivity contribution in [1.29, 1.82) is 0 Å². The molecule has 1 heterocycles. The van der Waals surface area contributed by atoms with Crippen LogP contribution in [0.3, 0.4) is 0 Å². The Kier molecular flexibility index (Phi) is 8.02. The van der Waals surface area contributed by atoms with E-state index in [4.69, 9.17) is 20.3 Å². The minimum Gasteiger partial charge on any atom is -0.345 e. The van der Waals surface area contributed by atoms with Gasteiger partial charge in [-0.2, -0.15) is 12.6 Å². The number of nitrogens with one attached hydrogen (secondary N) is 1. The molecule has 9 nitrogen and oxygen atoms in total. The van der Waals surface area contributed by atoms with Crippen molar-refractivity contribution >= 4 is 27.8 Å². The van der Waals surface area contributed by atoms with E-state index in [1.807, 2.05) is 0 Å². The molecule has 22 heavy (non-hydrogen) atoms. The Hall–Kier alpha value is 0.530. The molecule has 1 saturated heterocycles. The van der Waals surface area contributed by atoms with E-state index in [0.717, 1.165) is 18.6 Å². The fourth-order valence-corrected chi connectivity index (χ4v) is 4.83. The van der Waals surface area contributed by atoms with E-state index in [9.17, 15) is 18.9 Å². The third-order valence-corrected chi connectivity index (χ3v) is 5.91. The molecule has 0 aliphatic carbocycles. The van der Waals surface area contributed by atoms with Crippen molar-refractivity contribution in [2.24, 2.45) is 11.7 Å². The summed E-state index contributed by atoms with van der Waals surface area (Å²) in [5, 5.41) is 2.95. The highest BCUT2D eigenvalue weighted by Crippen LogP contribution is 2.49. The molecule has 7 N–H and O–H groups in total. The number of ether oxygens (including phenoxy) is 1. The summed E-state index contributed by atoms with van der Waals surface area (Å²) in [4.78, 5) is 36.2. The number of rotatable bonds is 8. The maximum atomic E-state index is 11.3. The second-order valence-electron chi connectivity index (χ2n) is 5.49. The largest absolute Gasteiger partial charge is 0.354 e. The lowest BCUT2D eigenvalue weighted by molar-refractivity contribution is -0.0305. The first-order valence-electron chi connectivity index (χ1n) is 6.88. The molecule has 1 rings (SSSR count). The molecule has 1 aliphatic heterocycles. The molecule has 0 bridgehead atoms. The van der Waals surface area contributed by atoms with Crippen LogP contribution >= 0.6 is 27.8 Å². The maximum Gasteiger partial charge on any atom is 0.354 e. The molecular formula is C10H24N2O7P2S. The van der Waals surface area contributed by atoms with Crippen LogP contribution in [0.25, 0.3) is 0 Å². The van der Waals surface area contributed by atoms with Crippen molar-refractivity contribution in [3.05, 3.63) is 0 Å². The predicted molar refractivity (Wildman–Crippen MR) is 84.8 cm³/mol. The van der Waals surface area contributed by atoms with Crippen LogP contribution in [0.1, 0.15) is 19.3 Å². The van der Waals surface area contributed by atoms with E-state index in [-0.39, 0.29) is 0 Å². The Morgan fingerprint density at radius 1 is 1.32 bits per heavy atom. The van der Waals surface area contributed by atoms with Crippen LogP contribution in [0, 0.1) is 5.92 Å². The van der Waals surface area contributed by atoms with Gasteiger partial charge in [0, 0.05) is 12.6 Å². The number of nitrogens with two attached hydrogens (primary N) is 1. The van der Waals surface area contributed by atoms with Crippen LogP contribution in [-0.2, 0) is 13.9 Å². The summed E-state index contributed by atoms with van der Waals surface area (Å²) in [6, 6.07) is -0.510. The van der Waals surface area contributed by atoms with Gasteiger partial charge in [0.15, 0.2) is 5.85 Å². The quantitative estimate of drug-likeness (QED) is 0.221. The average Bonchev–Trinajstić information content (AvgIpc) is 2.35. The number of piperidine rings is 1. The minimum absolute atomic E-state index is 0.317. The monoisotopic (exact) mass is 378 g/mol. The first-order chi connectivity index (χ1) is 10.0. The highest BCUT2D eigenvalue weighted by atomic mass is 32.1. The number of thiol groups is 1. The van der Waals surface area contributed by atoms with E-state index in [1.165, 1.54) is 0 Å². The van der Waals surface area contributed by atoms with Gasteiger partial charge < -0.3 is 30.0 Å². The Balaban J connectivity index is 2.63. The molecule has 4 unspecified atom stereocenters. The molecule has 1 aliphatic rings. The third kappa shape index (κ3) is 7.40. The Morgan fingerprint density at radius 2 is 1.95 bits per heavy atom. The standard InChI is InChI=1S/C10H24N2O7P2S/c11-8-4-7(2-1-3-22)5-12-10(8)19-9(21(16,17)18)6-20(13,14)15/h7-10,12,22H,1-6,11H2,(H2,13,14,15)(H2,16,17,18). The lowest BCUT2D eigenvalue weighted by atomic mass is 9.91. The van der Waals surface area contributed by atoms with Crippen LogP contribution in [-0.4, -0.2) is 56.1 Å². The van der Waals surface area contributed by atoms with Crippen LogP contribution in [0.4, 0.5) is 0 Å². The maximum absolute atomic E-state index is 11.3. The highest BCUT2D eigenvalue weighted by Gasteiger charge is 2.40. The predicted octanol–water partition coefficient (Wildman–Crippen LogP) is -0.343. The molecule has 0 saturated carbocycles. The van der Waals surface area contributed by atoms with E-state index >= 15 is 0 Å². The van der Waals surface area contributed by atoms with Crippen LogP contribution in [0.5, 0.6) is 0 Å². The SMILES string of the molecule is NC1CC(CCCS)CNC1OC(CP(=O)(O)O)P(=O)(O)O. The van der Waals surface area contributed by atoms with Crippen molar-refractivity contribution in [3.63, 3.8) is 0 Å². The second-order valence-corrected chi connectivity index (χ2v) is 9.38. The molecular weight excluding hydrogens is 354 g/mol. The highest BCUT2D eigenvalue weighted by molar-refractivity contribution is 7.80. The lowest BCUT2D eigenvalue weighted by Crippen LogP contribution is -2.55. The van der Waals surface area contributed by atoms with Gasteiger partial charge in [-0.1, -0.05) is 0 Å². The summed E-state index contributed by atoms with van der Waals surface area (Å²) in [6.07, 6.45) is 0.579. The van der Waals surface area contributed by atoms with Gasteiger partial charge in [-0.15, -0.1) is 0 Å². The van der Waals surface area contributed by atoms with Gasteiger partial charge in [-0.05, 0) is 30.9 Å². The van der Waals surface area contributed by atoms with Gasteiger partial charge in [0.1, 0.15) is 6.23 Å². The summed E-state index contributed by atoms with van der Waals surface area (Å²) in [5.41, 5.74) is 5.94. The first kappa shape index (κ1) is 20.6. The molecule has 132 valence electrons. The first-order valence-corrected chi connectivity index (χ1v) is 11.0. The smallest absolute Gasteiger partial charge is 0.345 e. The summed E-state index contributed by atoms with van der Waals surface area (Å²) >= 11 is 4.14. The topological polar surface area (TPSA) is 162 Å². The molecule has 0 amide bonds. The van der Waals surface area contributed by atoms with Crippen LogP contribution < -0.4 is 11.1 Å². The van der Waals surface area contributed by atoms with Gasteiger partial charge in [-0.25, -0.2) is 0 Å². The molecule has 0 aromatic rings. The zero-order valence-electron chi connectivity index (χ0n) is 12.0. The van der Waals surface area contributed by atoms with Crippen molar-refractivity contribution in [3.8, 4) is 0 Å². The van der Waals surface area contributed by atoms with E-state index in [0.29, 0.717) is 18.9 Å². The zero-order chi connectivity index (χ0) is 17.0. The average molecular weight is 378 g/mol.